The first-order valence-electron chi connectivity index (χ1n) is 12.4. The van der Waals surface area contributed by atoms with Crippen molar-refractivity contribution in [2.24, 2.45) is 11.3 Å². The predicted molar refractivity (Wildman–Crippen MR) is 140 cm³/mol. The molecule has 2 unspecified atom stereocenters. The molecule has 196 valence electrons. The predicted octanol–water partition coefficient (Wildman–Crippen LogP) is 3.09. The minimum atomic E-state index is -0.910. The van der Waals surface area contributed by atoms with Gasteiger partial charge >= 0.3 is 11.4 Å². The summed E-state index contributed by atoms with van der Waals surface area (Å²) in [6.07, 6.45) is -0.537. The Hall–Kier alpha value is -2.98. The number of anilines is 2. The van der Waals surface area contributed by atoms with Crippen LogP contribution in [0.15, 0.2) is 52.1 Å². The molecule has 5 rings (SSSR count). The molecule has 2 aliphatic rings. The fourth-order valence-corrected chi connectivity index (χ4v) is 4.97. The van der Waals surface area contributed by atoms with E-state index in [-0.39, 0.29) is 19.0 Å². The molecule has 2 aliphatic heterocycles. The van der Waals surface area contributed by atoms with Crippen molar-refractivity contribution in [1.82, 2.24) is 14.1 Å². The molecule has 2 fully saturated rings. The van der Waals surface area contributed by atoms with Gasteiger partial charge in [0.2, 0.25) is 5.95 Å². The van der Waals surface area contributed by atoms with E-state index in [9.17, 15) is 14.7 Å². The van der Waals surface area contributed by atoms with Gasteiger partial charge in [0.05, 0.1) is 25.2 Å². The van der Waals surface area contributed by atoms with Crippen LogP contribution in [0.4, 0.5) is 11.6 Å². The second-order valence-electron chi connectivity index (χ2n) is 10.5. The Morgan fingerprint density at radius 2 is 1.86 bits per heavy atom. The van der Waals surface area contributed by atoms with Gasteiger partial charge in [-0.2, -0.15) is 4.98 Å². The molecule has 0 spiro atoms. The van der Waals surface area contributed by atoms with E-state index in [2.05, 4.69) is 24.1 Å². The van der Waals surface area contributed by atoms with Crippen LogP contribution in [0.25, 0.3) is 0 Å². The van der Waals surface area contributed by atoms with Crippen molar-refractivity contribution in [2.75, 3.05) is 18.5 Å². The fourth-order valence-electron chi connectivity index (χ4n) is 4.71. The van der Waals surface area contributed by atoms with Crippen LogP contribution in [0.3, 0.4) is 0 Å². The van der Waals surface area contributed by atoms with Crippen molar-refractivity contribution >= 4 is 23.2 Å². The van der Waals surface area contributed by atoms with E-state index in [0.29, 0.717) is 29.8 Å². The molecule has 0 aliphatic carbocycles. The van der Waals surface area contributed by atoms with Gasteiger partial charge < -0.3 is 19.9 Å². The average molecular weight is 527 g/mol. The average Bonchev–Trinajstić information content (AvgIpc) is 3.55. The summed E-state index contributed by atoms with van der Waals surface area (Å²) in [7, 11) is 0. The topological polar surface area (TPSA) is 111 Å². The third kappa shape index (κ3) is 5.36. The number of aliphatic hydroxyl groups excluding tert-OH is 1. The Balaban J connectivity index is 1.52. The van der Waals surface area contributed by atoms with Gasteiger partial charge in [-0.05, 0) is 42.5 Å². The van der Waals surface area contributed by atoms with Crippen molar-refractivity contribution < 1.29 is 14.6 Å². The molecule has 2 saturated heterocycles. The number of nitrogens with one attached hydrogen (secondary N) is 1. The molecule has 1 aromatic heterocycles. The Labute approximate surface area is 219 Å². The standard InChI is InChI=1S/C27H31ClN4O5/c1-16(2)10-19-8-9-20(11-21(19)28)29-24-30-25(34)32(13-27(14-36-15-27)22-23(33)37-22)26(35)31(24)12-18-6-4-17(3)5-7-18/h4-9,11,16,22-23,33H,10,12-15H2,1-3H3,(H,29,30,34). The van der Waals surface area contributed by atoms with Gasteiger partial charge in [0.1, 0.15) is 6.10 Å². The number of aryl methyl sites for hydroxylation is 1. The number of aromatic nitrogens is 3. The molecule has 0 bridgehead atoms. The monoisotopic (exact) mass is 526 g/mol. The zero-order chi connectivity index (χ0) is 26.3. The normalized spacial score (nSPS) is 20.1. The number of rotatable bonds is 9. The van der Waals surface area contributed by atoms with Crippen molar-refractivity contribution in [3.05, 3.63) is 85.1 Å². The second kappa shape index (κ2) is 10.1. The van der Waals surface area contributed by atoms with Crippen LogP contribution in [-0.2, 0) is 29.0 Å². The van der Waals surface area contributed by atoms with E-state index in [4.69, 9.17) is 21.1 Å². The summed E-state index contributed by atoms with van der Waals surface area (Å²) in [5.74, 6) is 0.581. The molecular formula is C27H31ClN4O5. The van der Waals surface area contributed by atoms with E-state index < -0.39 is 29.2 Å². The number of hydrogen-bond acceptors (Lipinski definition) is 7. The summed E-state index contributed by atoms with van der Waals surface area (Å²) in [5, 5.41) is 13.6. The summed E-state index contributed by atoms with van der Waals surface area (Å²) in [6, 6.07) is 13.4. The maximum atomic E-state index is 13.7. The first kappa shape index (κ1) is 25.7. The van der Waals surface area contributed by atoms with Gasteiger partial charge in [-0.25, -0.2) is 14.2 Å². The highest BCUT2D eigenvalue weighted by molar-refractivity contribution is 6.31. The maximum absolute atomic E-state index is 13.7. The summed E-state index contributed by atoms with van der Waals surface area (Å²) in [6.45, 7) is 7.08. The minimum absolute atomic E-state index is 0.0449. The molecule has 10 heteroatoms. The van der Waals surface area contributed by atoms with Gasteiger partial charge in [-0.3, -0.25) is 4.57 Å². The number of halogens is 1. The van der Waals surface area contributed by atoms with E-state index in [0.717, 1.165) is 27.7 Å². The molecule has 2 aromatic carbocycles. The van der Waals surface area contributed by atoms with Gasteiger partial charge in [0.25, 0.3) is 0 Å². The Morgan fingerprint density at radius 3 is 2.43 bits per heavy atom. The Kier molecular flexibility index (Phi) is 6.97. The number of benzene rings is 2. The number of nitrogens with zero attached hydrogens (tertiary/aromatic N) is 3. The van der Waals surface area contributed by atoms with Crippen molar-refractivity contribution in [3.8, 4) is 0 Å². The molecule has 9 nitrogen and oxygen atoms in total. The maximum Gasteiger partial charge on any atom is 0.354 e. The number of epoxide rings is 1. The lowest BCUT2D eigenvalue weighted by molar-refractivity contribution is -0.136. The highest BCUT2D eigenvalue weighted by atomic mass is 35.5. The van der Waals surface area contributed by atoms with Crippen LogP contribution >= 0.6 is 11.6 Å². The lowest BCUT2D eigenvalue weighted by Gasteiger charge is -2.40. The van der Waals surface area contributed by atoms with Gasteiger partial charge in [0, 0.05) is 17.3 Å². The quantitative estimate of drug-likeness (QED) is 0.412. The SMILES string of the molecule is Cc1ccc(Cn2c(Nc3ccc(CC(C)C)c(Cl)c3)nc(=O)n(CC3(C4OC4O)COC3)c2=O)cc1. The lowest BCUT2D eigenvalue weighted by atomic mass is 9.82. The summed E-state index contributed by atoms with van der Waals surface area (Å²) in [5.41, 5.74) is 1.81. The summed E-state index contributed by atoms with van der Waals surface area (Å²) < 4.78 is 13.2. The van der Waals surface area contributed by atoms with E-state index in [1.807, 2.05) is 43.3 Å². The third-order valence-electron chi connectivity index (χ3n) is 6.87. The van der Waals surface area contributed by atoms with Crippen molar-refractivity contribution in [1.29, 1.82) is 0 Å². The summed E-state index contributed by atoms with van der Waals surface area (Å²) in [4.78, 5) is 31.1. The molecule has 2 N–H and O–H groups in total. The first-order chi connectivity index (χ1) is 17.6. The van der Waals surface area contributed by atoms with Gasteiger partial charge in [-0.1, -0.05) is 61.3 Å². The Morgan fingerprint density at radius 1 is 1.16 bits per heavy atom. The number of aliphatic hydroxyl groups is 1. The van der Waals surface area contributed by atoms with Crippen LogP contribution in [0.2, 0.25) is 5.02 Å². The highest BCUT2D eigenvalue weighted by Gasteiger charge is 2.59. The van der Waals surface area contributed by atoms with E-state index >= 15 is 0 Å². The summed E-state index contributed by atoms with van der Waals surface area (Å²) >= 11 is 6.52. The van der Waals surface area contributed by atoms with Crippen LogP contribution in [0.5, 0.6) is 0 Å². The molecule has 37 heavy (non-hydrogen) atoms. The molecule has 0 radical (unpaired) electrons. The van der Waals surface area contributed by atoms with Crippen LogP contribution in [-0.4, -0.2) is 44.8 Å². The zero-order valence-electron chi connectivity index (χ0n) is 21.1. The van der Waals surface area contributed by atoms with E-state index in [1.165, 1.54) is 4.57 Å². The molecule has 0 saturated carbocycles. The van der Waals surface area contributed by atoms with Crippen molar-refractivity contribution in [2.45, 2.75) is 52.7 Å². The molecular weight excluding hydrogens is 496 g/mol. The van der Waals surface area contributed by atoms with Gasteiger partial charge in [0.15, 0.2) is 6.29 Å². The van der Waals surface area contributed by atoms with Crippen LogP contribution in [0, 0.1) is 18.3 Å². The minimum Gasteiger partial charge on any atom is -0.380 e. The molecule has 0 amide bonds. The van der Waals surface area contributed by atoms with Crippen LogP contribution < -0.4 is 16.7 Å². The van der Waals surface area contributed by atoms with Crippen molar-refractivity contribution in [3.63, 3.8) is 0 Å². The first-order valence-corrected chi connectivity index (χ1v) is 12.8. The second-order valence-corrected chi connectivity index (χ2v) is 10.9. The molecule has 2 atom stereocenters. The zero-order valence-corrected chi connectivity index (χ0v) is 21.9. The largest absolute Gasteiger partial charge is 0.380 e. The number of ether oxygens (including phenoxy) is 2. The molecule has 3 heterocycles. The van der Waals surface area contributed by atoms with Gasteiger partial charge in [-0.15, -0.1) is 0 Å². The van der Waals surface area contributed by atoms with E-state index in [1.54, 1.807) is 6.07 Å². The number of hydrogen-bond donors (Lipinski definition) is 2. The van der Waals surface area contributed by atoms with Crippen LogP contribution in [0.1, 0.15) is 30.5 Å². The smallest absolute Gasteiger partial charge is 0.354 e. The molecule has 3 aromatic rings. The highest BCUT2D eigenvalue weighted by Crippen LogP contribution is 2.44. The fraction of sp³-hybridized carbons (Fsp3) is 0.444. The Bertz CT molecular complexity index is 1410. The lowest BCUT2D eigenvalue weighted by Crippen LogP contribution is -2.55. The third-order valence-corrected chi connectivity index (χ3v) is 7.22.